The van der Waals surface area contributed by atoms with Crippen LogP contribution in [0.1, 0.15) is 41.2 Å². The van der Waals surface area contributed by atoms with Crippen LogP contribution in [0.25, 0.3) is 10.2 Å². The SMILES string of the molecule is C[C@@H](c1nc2ccccc2s1)N(C)C(=O)c1cccc(S(=O)(=O)N2CCCC2)c1. The van der Waals surface area contributed by atoms with Crippen LogP contribution in [0, 0.1) is 0 Å². The highest BCUT2D eigenvalue weighted by atomic mass is 32.2. The molecule has 0 aliphatic carbocycles. The Hall–Kier alpha value is -2.29. The molecule has 152 valence electrons. The second kappa shape index (κ2) is 7.85. The molecule has 0 N–H and O–H groups in total. The summed E-state index contributed by atoms with van der Waals surface area (Å²) in [6, 6.07) is 14.0. The molecule has 29 heavy (non-hydrogen) atoms. The van der Waals surface area contributed by atoms with Gasteiger partial charge in [0.15, 0.2) is 0 Å². The van der Waals surface area contributed by atoms with E-state index in [1.54, 1.807) is 41.5 Å². The predicted molar refractivity (Wildman–Crippen MR) is 115 cm³/mol. The van der Waals surface area contributed by atoms with Crippen LogP contribution in [0.2, 0.25) is 0 Å². The number of para-hydroxylation sites is 1. The predicted octanol–water partition coefficient (Wildman–Crippen LogP) is 3.91. The van der Waals surface area contributed by atoms with Crippen molar-refractivity contribution in [2.24, 2.45) is 0 Å². The number of carbonyl (C=O) groups excluding carboxylic acids is 1. The summed E-state index contributed by atoms with van der Waals surface area (Å²) in [5.41, 5.74) is 1.28. The summed E-state index contributed by atoms with van der Waals surface area (Å²) in [4.78, 5) is 19.5. The summed E-state index contributed by atoms with van der Waals surface area (Å²) in [6.45, 7) is 3.00. The van der Waals surface area contributed by atoms with Crippen molar-refractivity contribution in [2.75, 3.05) is 20.1 Å². The number of thiazole rings is 1. The molecule has 1 fully saturated rings. The van der Waals surface area contributed by atoms with E-state index >= 15 is 0 Å². The molecule has 1 amide bonds. The zero-order valence-electron chi connectivity index (χ0n) is 16.4. The first-order valence-electron chi connectivity index (χ1n) is 9.61. The van der Waals surface area contributed by atoms with Gasteiger partial charge in [-0.05, 0) is 50.1 Å². The molecule has 3 aromatic rings. The number of amides is 1. The Morgan fingerprint density at radius 1 is 1.14 bits per heavy atom. The number of nitrogens with zero attached hydrogens (tertiary/aromatic N) is 3. The Bertz CT molecular complexity index is 1120. The van der Waals surface area contributed by atoms with E-state index in [0.29, 0.717) is 18.7 Å². The van der Waals surface area contributed by atoms with E-state index in [4.69, 9.17) is 0 Å². The number of carbonyl (C=O) groups is 1. The molecule has 2 heterocycles. The minimum atomic E-state index is -3.56. The quantitative estimate of drug-likeness (QED) is 0.616. The Kier molecular flexibility index (Phi) is 5.42. The fourth-order valence-corrected chi connectivity index (χ4v) is 6.11. The molecule has 0 unspecified atom stereocenters. The lowest BCUT2D eigenvalue weighted by molar-refractivity contribution is 0.0742. The molecule has 0 spiro atoms. The highest BCUT2D eigenvalue weighted by Gasteiger charge is 2.28. The van der Waals surface area contributed by atoms with E-state index in [-0.39, 0.29) is 16.8 Å². The van der Waals surface area contributed by atoms with Crippen LogP contribution in [0.5, 0.6) is 0 Å². The van der Waals surface area contributed by atoms with Crippen LogP contribution < -0.4 is 0 Å². The summed E-state index contributed by atoms with van der Waals surface area (Å²) < 4.78 is 28.2. The van der Waals surface area contributed by atoms with E-state index in [0.717, 1.165) is 28.1 Å². The van der Waals surface area contributed by atoms with Gasteiger partial charge in [-0.3, -0.25) is 4.79 Å². The molecule has 6 nitrogen and oxygen atoms in total. The zero-order chi connectivity index (χ0) is 20.6. The molecule has 0 bridgehead atoms. The van der Waals surface area contributed by atoms with Gasteiger partial charge in [0.1, 0.15) is 5.01 Å². The normalized spacial score (nSPS) is 16.2. The third kappa shape index (κ3) is 3.80. The second-order valence-corrected chi connectivity index (χ2v) is 10.3. The van der Waals surface area contributed by atoms with Crippen molar-refractivity contribution in [3.63, 3.8) is 0 Å². The van der Waals surface area contributed by atoms with Gasteiger partial charge in [-0.2, -0.15) is 4.31 Å². The van der Waals surface area contributed by atoms with E-state index in [1.165, 1.54) is 10.4 Å². The first-order valence-corrected chi connectivity index (χ1v) is 11.9. The highest BCUT2D eigenvalue weighted by molar-refractivity contribution is 7.89. The maximum Gasteiger partial charge on any atom is 0.254 e. The van der Waals surface area contributed by atoms with Crippen LogP contribution in [0.15, 0.2) is 53.4 Å². The number of aromatic nitrogens is 1. The first kappa shape index (κ1) is 20.0. The van der Waals surface area contributed by atoms with Gasteiger partial charge in [-0.1, -0.05) is 18.2 Å². The van der Waals surface area contributed by atoms with Crippen LogP contribution in [0.3, 0.4) is 0 Å². The van der Waals surface area contributed by atoms with Gasteiger partial charge in [0, 0.05) is 25.7 Å². The number of fused-ring (bicyclic) bond motifs is 1. The highest BCUT2D eigenvalue weighted by Crippen LogP contribution is 2.30. The van der Waals surface area contributed by atoms with Gasteiger partial charge in [0.2, 0.25) is 10.0 Å². The molecule has 4 rings (SSSR count). The Morgan fingerprint density at radius 2 is 1.86 bits per heavy atom. The van der Waals surface area contributed by atoms with Gasteiger partial charge < -0.3 is 4.90 Å². The molecular formula is C21H23N3O3S2. The molecule has 0 radical (unpaired) electrons. The largest absolute Gasteiger partial charge is 0.333 e. The molecule has 1 saturated heterocycles. The van der Waals surface area contributed by atoms with E-state index in [1.807, 2.05) is 31.2 Å². The van der Waals surface area contributed by atoms with Crippen molar-refractivity contribution in [3.05, 3.63) is 59.1 Å². The number of benzene rings is 2. The first-order chi connectivity index (χ1) is 13.9. The van der Waals surface area contributed by atoms with E-state index in [2.05, 4.69) is 4.98 Å². The molecule has 1 aliphatic rings. The smallest absolute Gasteiger partial charge is 0.254 e. The van der Waals surface area contributed by atoms with Crippen molar-refractivity contribution in [1.29, 1.82) is 0 Å². The van der Waals surface area contributed by atoms with Crippen molar-refractivity contribution in [1.82, 2.24) is 14.2 Å². The Labute approximate surface area is 174 Å². The lowest BCUT2D eigenvalue weighted by atomic mass is 10.2. The minimum absolute atomic E-state index is 0.172. The average Bonchev–Trinajstić information content (AvgIpc) is 3.42. The van der Waals surface area contributed by atoms with E-state index in [9.17, 15) is 13.2 Å². The molecule has 1 atom stereocenters. The van der Waals surface area contributed by atoms with Crippen molar-refractivity contribution in [2.45, 2.75) is 30.7 Å². The Balaban J connectivity index is 1.58. The monoisotopic (exact) mass is 429 g/mol. The van der Waals surface area contributed by atoms with Gasteiger partial charge in [-0.25, -0.2) is 13.4 Å². The van der Waals surface area contributed by atoms with Gasteiger partial charge in [-0.15, -0.1) is 11.3 Å². The summed E-state index contributed by atoms with van der Waals surface area (Å²) >= 11 is 1.56. The summed E-state index contributed by atoms with van der Waals surface area (Å²) in [6.07, 6.45) is 1.75. The van der Waals surface area contributed by atoms with Crippen molar-refractivity contribution >= 4 is 37.5 Å². The zero-order valence-corrected chi connectivity index (χ0v) is 18.0. The third-order valence-corrected chi connectivity index (χ3v) is 8.45. The lowest BCUT2D eigenvalue weighted by Gasteiger charge is -2.24. The average molecular weight is 430 g/mol. The maximum absolute atomic E-state index is 13.1. The third-order valence-electron chi connectivity index (χ3n) is 5.35. The van der Waals surface area contributed by atoms with Gasteiger partial charge >= 0.3 is 0 Å². The summed E-state index contributed by atoms with van der Waals surface area (Å²) in [7, 11) is -1.83. The molecule has 1 aromatic heterocycles. The van der Waals surface area contributed by atoms with Crippen LogP contribution in [0.4, 0.5) is 0 Å². The molecule has 8 heteroatoms. The Morgan fingerprint density at radius 3 is 2.59 bits per heavy atom. The molecular weight excluding hydrogens is 406 g/mol. The summed E-state index contributed by atoms with van der Waals surface area (Å²) in [5, 5.41) is 0.850. The molecule has 2 aromatic carbocycles. The van der Waals surface area contributed by atoms with Gasteiger partial charge in [0.05, 0.1) is 21.2 Å². The van der Waals surface area contributed by atoms with Crippen LogP contribution in [-0.4, -0.2) is 48.7 Å². The van der Waals surface area contributed by atoms with Gasteiger partial charge in [0.25, 0.3) is 5.91 Å². The molecule has 1 aliphatic heterocycles. The number of hydrogen-bond acceptors (Lipinski definition) is 5. The fraction of sp³-hybridized carbons (Fsp3) is 0.333. The number of sulfonamides is 1. The minimum Gasteiger partial charge on any atom is -0.333 e. The molecule has 0 saturated carbocycles. The maximum atomic E-state index is 13.1. The summed E-state index contributed by atoms with van der Waals surface area (Å²) in [5.74, 6) is -0.227. The lowest BCUT2D eigenvalue weighted by Crippen LogP contribution is -2.30. The standard InChI is InChI=1S/C21H23N3O3S2/c1-15(20-22-18-10-3-4-11-19(18)28-20)23(2)21(25)16-8-7-9-17(14-16)29(26,27)24-12-5-6-13-24/h3-4,7-11,14-15H,5-6,12-13H2,1-2H3/t15-/m0/s1. The van der Waals surface area contributed by atoms with Crippen molar-refractivity contribution in [3.8, 4) is 0 Å². The van der Waals surface area contributed by atoms with E-state index < -0.39 is 10.0 Å². The van der Waals surface area contributed by atoms with Crippen molar-refractivity contribution < 1.29 is 13.2 Å². The number of rotatable bonds is 5. The topological polar surface area (TPSA) is 70.6 Å². The number of hydrogen-bond donors (Lipinski definition) is 0. The second-order valence-electron chi connectivity index (χ2n) is 7.25. The van der Waals surface area contributed by atoms with Crippen LogP contribution >= 0.6 is 11.3 Å². The fourth-order valence-electron chi connectivity index (χ4n) is 3.48. The van der Waals surface area contributed by atoms with Crippen LogP contribution in [-0.2, 0) is 10.0 Å².